The highest BCUT2D eigenvalue weighted by Crippen LogP contribution is 2.42. The molecule has 1 unspecified atom stereocenters. The summed E-state index contributed by atoms with van der Waals surface area (Å²) in [5, 5.41) is 3.83. The molecule has 1 saturated heterocycles. The molecule has 7 heteroatoms. The summed E-state index contributed by atoms with van der Waals surface area (Å²) in [5.74, 6) is 0.254. The number of aromatic nitrogens is 2. The quantitative estimate of drug-likeness (QED) is 0.636. The fourth-order valence-corrected chi connectivity index (χ4v) is 4.45. The van der Waals surface area contributed by atoms with Gasteiger partial charge in [0.15, 0.2) is 0 Å². The zero-order valence-corrected chi connectivity index (χ0v) is 18.7. The highest BCUT2D eigenvalue weighted by atomic mass is 16.5. The van der Waals surface area contributed by atoms with Gasteiger partial charge in [0.2, 0.25) is 0 Å². The molecule has 0 saturated carbocycles. The summed E-state index contributed by atoms with van der Waals surface area (Å²) in [4.78, 5) is 28.4. The van der Waals surface area contributed by atoms with Gasteiger partial charge in [-0.25, -0.2) is 0 Å². The lowest BCUT2D eigenvalue weighted by Crippen LogP contribution is -2.45. The van der Waals surface area contributed by atoms with E-state index in [1.54, 1.807) is 13.0 Å². The zero-order chi connectivity index (χ0) is 22.3. The first-order chi connectivity index (χ1) is 14.8. The minimum absolute atomic E-state index is 0.0306. The number of hydrogen-bond acceptors (Lipinski definition) is 4. The van der Waals surface area contributed by atoms with E-state index in [-0.39, 0.29) is 29.5 Å². The summed E-state index contributed by atoms with van der Waals surface area (Å²) >= 11 is 0. The molecule has 0 bridgehead atoms. The van der Waals surface area contributed by atoms with E-state index in [1.807, 2.05) is 31.2 Å². The van der Waals surface area contributed by atoms with Crippen LogP contribution >= 0.6 is 0 Å². The SMILES string of the molecule is COc1cc(C)[nH]c(=O)c1CNC(=O)c1c(C)n(C(C)C2(C)COC2)c2ccccc12. The number of methoxy groups -OCH3 is 1. The number of ether oxygens (including phenoxy) is 2. The third kappa shape index (κ3) is 3.53. The molecule has 3 heterocycles. The summed E-state index contributed by atoms with van der Waals surface area (Å²) in [5.41, 5.74) is 3.44. The normalized spacial score (nSPS) is 16.0. The molecule has 2 aromatic heterocycles. The third-order valence-electron chi connectivity index (χ3n) is 6.52. The van der Waals surface area contributed by atoms with Crippen LogP contribution in [0.1, 0.15) is 47.2 Å². The number of benzene rings is 1. The fourth-order valence-electron chi connectivity index (χ4n) is 4.45. The predicted octanol–water partition coefficient (Wildman–Crippen LogP) is 3.48. The van der Waals surface area contributed by atoms with Gasteiger partial charge in [-0.2, -0.15) is 0 Å². The first-order valence-electron chi connectivity index (χ1n) is 10.5. The highest BCUT2D eigenvalue weighted by molar-refractivity contribution is 6.08. The fraction of sp³-hybridized carbons (Fsp3) is 0.417. The Balaban J connectivity index is 1.70. The maximum atomic E-state index is 13.3. The van der Waals surface area contributed by atoms with E-state index >= 15 is 0 Å². The molecule has 1 aliphatic heterocycles. The topological polar surface area (TPSA) is 85.4 Å². The first-order valence-corrected chi connectivity index (χ1v) is 10.5. The van der Waals surface area contributed by atoms with Gasteiger partial charge < -0.3 is 24.3 Å². The van der Waals surface area contributed by atoms with Crippen molar-refractivity contribution in [1.29, 1.82) is 0 Å². The van der Waals surface area contributed by atoms with Crippen molar-refractivity contribution in [1.82, 2.24) is 14.9 Å². The van der Waals surface area contributed by atoms with E-state index in [2.05, 4.69) is 28.7 Å². The standard InChI is InChI=1S/C24H29N3O4/c1-14-10-20(30-5)18(22(28)26-14)11-25-23(29)21-15(2)27(16(3)24(4)12-31-13-24)19-9-7-6-8-17(19)21/h6-10,16H,11-13H2,1-5H3,(H,25,29)(H,26,28). The van der Waals surface area contributed by atoms with Crippen LogP contribution in [0.2, 0.25) is 0 Å². The predicted molar refractivity (Wildman–Crippen MR) is 120 cm³/mol. The molecule has 1 amide bonds. The molecule has 0 spiro atoms. The van der Waals surface area contributed by atoms with Crippen LogP contribution in [0.3, 0.4) is 0 Å². The van der Waals surface area contributed by atoms with E-state index in [0.717, 1.165) is 16.6 Å². The number of rotatable bonds is 6. The lowest BCUT2D eigenvalue weighted by molar-refractivity contribution is -0.125. The Bertz CT molecular complexity index is 1200. The zero-order valence-electron chi connectivity index (χ0n) is 18.7. The molecule has 0 aliphatic carbocycles. The lowest BCUT2D eigenvalue weighted by atomic mass is 9.81. The van der Waals surface area contributed by atoms with Crippen molar-refractivity contribution in [2.45, 2.75) is 40.3 Å². The van der Waals surface area contributed by atoms with Gasteiger partial charge in [0.1, 0.15) is 5.75 Å². The van der Waals surface area contributed by atoms with Gasteiger partial charge in [-0.05, 0) is 32.9 Å². The number of aromatic amines is 1. The number of pyridine rings is 1. The number of aryl methyl sites for hydroxylation is 1. The Morgan fingerprint density at radius 3 is 2.68 bits per heavy atom. The molecule has 1 atom stereocenters. The third-order valence-corrected chi connectivity index (χ3v) is 6.52. The first kappa shape index (κ1) is 21.2. The number of amides is 1. The van der Waals surface area contributed by atoms with Crippen molar-refractivity contribution in [2.24, 2.45) is 5.41 Å². The maximum Gasteiger partial charge on any atom is 0.256 e. The molecule has 2 N–H and O–H groups in total. The van der Waals surface area contributed by atoms with Crippen molar-refractivity contribution < 1.29 is 14.3 Å². The van der Waals surface area contributed by atoms with Crippen LogP contribution in [0.5, 0.6) is 5.75 Å². The summed E-state index contributed by atoms with van der Waals surface area (Å²) in [7, 11) is 1.52. The maximum absolute atomic E-state index is 13.3. The molecule has 1 aliphatic rings. The minimum Gasteiger partial charge on any atom is -0.496 e. The summed E-state index contributed by atoms with van der Waals surface area (Å²) in [6, 6.07) is 9.88. The monoisotopic (exact) mass is 423 g/mol. The van der Waals surface area contributed by atoms with E-state index in [1.165, 1.54) is 7.11 Å². The van der Waals surface area contributed by atoms with Gasteiger partial charge in [-0.3, -0.25) is 9.59 Å². The lowest BCUT2D eigenvalue weighted by Gasteiger charge is -2.44. The molecule has 164 valence electrons. The van der Waals surface area contributed by atoms with Crippen molar-refractivity contribution in [3.8, 4) is 5.75 Å². The highest BCUT2D eigenvalue weighted by Gasteiger charge is 2.41. The second-order valence-electron chi connectivity index (χ2n) is 8.68. The molecule has 31 heavy (non-hydrogen) atoms. The number of H-pyrrole nitrogens is 1. The van der Waals surface area contributed by atoms with Gasteiger partial charge in [-0.1, -0.05) is 25.1 Å². The van der Waals surface area contributed by atoms with Crippen molar-refractivity contribution in [3.05, 3.63) is 63.2 Å². The number of nitrogens with zero attached hydrogens (tertiary/aromatic N) is 1. The van der Waals surface area contributed by atoms with E-state index < -0.39 is 0 Å². The number of fused-ring (bicyclic) bond motifs is 1. The van der Waals surface area contributed by atoms with Gasteiger partial charge in [0.25, 0.3) is 11.5 Å². The molecular weight excluding hydrogens is 394 g/mol. The number of hydrogen-bond donors (Lipinski definition) is 2. The summed E-state index contributed by atoms with van der Waals surface area (Å²) in [6.07, 6.45) is 0. The van der Waals surface area contributed by atoms with E-state index in [9.17, 15) is 9.59 Å². The van der Waals surface area contributed by atoms with Gasteiger partial charge in [0, 0.05) is 33.7 Å². The second kappa shape index (κ2) is 7.89. The van der Waals surface area contributed by atoms with Crippen LogP contribution in [-0.4, -0.2) is 35.8 Å². The molecular formula is C24H29N3O4. The molecule has 7 nitrogen and oxygen atoms in total. The molecule has 3 aromatic rings. The number of carbonyl (C=O) groups excluding carboxylic acids is 1. The Kier molecular flexibility index (Phi) is 5.39. The number of para-hydroxylation sites is 1. The van der Waals surface area contributed by atoms with Crippen molar-refractivity contribution in [2.75, 3.05) is 20.3 Å². The number of nitrogens with one attached hydrogen (secondary N) is 2. The average Bonchev–Trinajstić information content (AvgIpc) is 3.01. The van der Waals surface area contributed by atoms with Crippen LogP contribution in [0.25, 0.3) is 10.9 Å². The largest absolute Gasteiger partial charge is 0.496 e. The van der Waals surface area contributed by atoms with Gasteiger partial charge in [0.05, 0.1) is 38.0 Å². The minimum atomic E-state index is -0.261. The second-order valence-corrected chi connectivity index (χ2v) is 8.68. The molecule has 1 fully saturated rings. The van der Waals surface area contributed by atoms with Crippen LogP contribution in [-0.2, 0) is 11.3 Å². The smallest absolute Gasteiger partial charge is 0.256 e. The molecule has 1 aromatic carbocycles. The van der Waals surface area contributed by atoms with Gasteiger partial charge in [-0.15, -0.1) is 0 Å². The average molecular weight is 424 g/mol. The summed E-state index contributed by atoms with van der Waals surface area (Å²) < 4.78 is 13.1. The van der Waals surface area contributed by atoms with Crippen LogP contribution in [0.15, 0.2) is 35.1 Å². The van der Waals surface area contributed by atoms with Crippen LogP contribution in [0, 0.1) is 19.3 Å². The molecule has 0 radical (unpaired) electrons. The Hall–Kier alpha value is -3.06. The Morgan fingerprint density at radius 1 is 1.32 bits per heavy atom. The Labute approximate surface area is 181 Å². The Morgan fingerprint density at radius 2 is 2.03 bits per heavy atom. The van der Waals surface area contributed by atoms with Gasteiger partial charge >= 0.3 is 0 Å². The van der Waals surface area contributed by atoms with Crippen molar-refractivity contribution >= 4 is 16.8 Å². The van der Waals surface area contributed by atoms with Crippen LogP contribution < -0.4 is 15.6 Å². The van der Waals surface area contributed by atoms with E-state index in [4.69, 9.17) is 9.47 Å². The van der Waals surface area contributed by atoms with Crippen LogP contribution in [0.4, 0.5) is 0 Å². The van der Waals surface area contributed by atoms with Crippen molar-refractivity contribution in [3.63, 3.8) is 0 Å². The summed E-state index contributed by atoms with van der Waals surface area (Å²) in [6.45, 7) is 9.66. The van der Waals surface area contributed by atoms with E-state index in [0.29, 0.717) is 35.8 Å². The number of carbonyl (C=O) groups is 1. The molecule has 4 rings (SSSR count).